The van der Waals surface area contributed by atoms with Crippen molar-refractivity contribution in [3.63, 3.8) is 0 Å². The fourth-order valence-electron chi connectivity index (χ4n) is 1.82. The molecule has 3 aromatic heterocycles. The third-order valence-electron chi connectivity index (χ3n) is 2.90. The van der Waals surface area contributed by atoms with Gasteiger partial charge in [-0.2, -0.15) is 4.98 Å². The van der Waals surface area contributed by atoms with Crippen LogP contribution in [0.3, 0.4) is 0 Å². The topological polar surface area (TPSA) is 119 Å². The zero-order valence-corrected chi connectivity index (χ0v) is 12.3. The van der Waals surface area contributed by atoms with Gasteiger partial charge in [0.1, 0.15) is 5.69 Å². The molecule has 3 aromatic rings. The quantitative estimate of drug-likeness (QED) is 0.701. The maximum Gasteiger partial charge on any atom is 0.269 e. The molecule has 3 rings (SSSR count). The summed E-state index contributed by atoms with van der Waals surface area (Å²) in [6, 6.07) is 3.52. The van der Waals surface area contributed by atoms with E-state index in [1.54, 1.807) is 18.3 Å². The largest absolute Gasteiger partial charge is 0.478 e. The number of aromatic nitrogens is 5. The van der Waals surface area contributed by atoms with E-state index in [0.29, 0.717) is 35.5 Å². The van der Waals surface area contributed by atoms with Gasteiger partial charge in [0, 0.05) is 17.8 Å². The molecule has 0 fully saturated rings. The van der Waals surface area contributed by atoms with Crippen molar-refractivity contribution in [2.45, 2.75) is 13.5 Å². The lowest BCUT2D eigenvalue weighted by atomic mass is 10.3. The molecule has 9 nitrogen and oxygen atoms in total. The van der Waals surface area contributed by atoms with Crippen molar-refractivity contribution < 1.29 is 14.1 Å². The second-order valence-electron chi connectivity index (χ2n) is 4.48. The van der Waals surface area contributed by atoms with E-state index in [1.807, 2.05) is 6.92 Å². The molecule has 2 N–H and O–H groups in total. The maximum absolute atomic E-state index is 11.8. The molecule has 0 aliphatic carbocycles. The molecule has 0 radical (unpaired) electrons. The van der Waals surface area contributed by atoms with Gasteiger partial charge in [0.2, 0.25) is 17.6 Å². The Bertz CT molecular complexity index is 766. The number of rotatable bonds is 6. The molecule has 0 aliphatic heterocycles. The summed E-state index contributed by atoms with van der Waals surface area (Å²) in [5, 5.41) is 6.51. The average Bonchev–Trinajstić information content (AvgIpc) is 3.25. The number of nitrogens with zero attached hydrogens (tertiary/aromatic N) is 4. The van der Waals surface area contributed by atoms with E-state index in [-0.39, 0.29) is 12.5 Å². The molecule has 0 atom stereocenters. The standard InChI is InChI=1S/C14H14N6O3/c1-2-22-11-4-3-9(5-16-11)13-19-12(23-20-13)7-17-14(21)10-6-15-8-18-10/h3-6,8H,2,7H2,1H3,(H,15,18)(H,17,21). The zero-order chi connectivity index (χ0) is 16.1. The molecule has 118 valence electrons. The van der Waals surface area contributed by atoms with Crippen molar-refractivity contribution in [3.8, 4) is 17.3 Å². The van der Waals surface area contributed by atoms with Crippen LogP contribution in [-0.4, -0.2) is 37.6 Å². The number of aromatic amines is 1. The summed E-state index contributed by atoms with van der Waals surface area (Å²) >= 11 is 0. The Balaban J connectivity index is 1.62. The number of carbonyl (C=O) groups is 1. The molecule has 23 heavy (non-hydrogen) atoms. The Hall–Kier alpha value is -3.23. The van der Waals surface area contributed by atoms with Crippen LogP contribution in [0, 0.1) is 0 Å². The molecule has 9 heteroatoms. The predicted molar refractivity (Wildman–Crippen MR) is 78.5 cm³/mol. The van der Waals surface area contributed by atoms with Crippen LogP contribution in [0.4, 0.5) is 0 Å². The highest BCUT2D eigenvalue weighted by Gasteiger charge is 2.12. The molecule has 3 heterocycles. The van der Waals surface area contributed by atoms with Gasteiger partial charge in [-0.15, -0.1) is 0 Å². The Labute approximate surface area is 131 Å². The lowest BCUT2D eigenvalue weighted by molar-refractivity contribution is 0.0942. The number of ether oxygens (including phenoxy) is 1. The average molecular weight is 314 g/mol. The maximum atomic E-state index is 11.8. The van der Waals surface area contributed by atoms with Crippen LogP contribution in [0.2, 0.25) is 0 Å². The molecule has 0 saturated heterocycles. The Morgan fingerprint density at radius 1 is 1.39 bits per heavy atom. The number of carbonyl (C=O) groups excluding carboxylic acids is 1. The van der Waals surface area contributed by atoms with Crippen LogP contribution in [0.25, 0.3) is 11.4 Å². The number of pyridine rings is 1. The third-order valence-corrected chi connectivity index (χ3v) is 2.90. The van der Waals surface area contributed by atoms with Gasteiger partial charge in [0.15, 0.2) is 0 Å². The first kappa shape index (κ1) is 14.7. The second-order valence-corrected chi connectivity index (χ2v) is 4.48. The van der Waals surface area contributed by atoms with Crippen molar-refractivity contribution >= 4 is 5.91 Å². The van der Waals surface area contributed by atoms with E-state index in [2.05, 4.69) is 30.4 Å². The van der Waals surface area contributed by atoms with Crippen molar-refractivity contribution in [1.82, 2.24) is 30.4 Å². The van der Waals surface area contributed by atoms with Crippen LogP contribution in [0.15, 0.2) is 35.4 Å². The summed E-state index contributed by atoms with van der Waals surface area (Å²) < 4.78 is 10.4. The van der Waals surface area contributed by atoms with E-state index in [0.717, 1.165) is 0 Å². The molecule has 0 unspecified atom stereocenters. The molecular weight excluding hydrogens is 300 g/mol. The lowest BCUT2D eigenvalue weighted by Crippen LogP contribution is -2.23. The van der Waals surface area contributed by atoms with Crippen molar-refractivity contribution in [3.05, 3.63) is 42.4 Å². The Morgan fingerprint density at radius 2 is 2.30 bits per heavy atom. The summed E-state index contributed by atoms with van der Waals surface area (Å²) in [4.78, 5) is 26.6. The van der Waals surface area contributed by atoms with Crippen LogP contribution in [0.5, 0.6) is 5.88 Å². The van der Waals surface area contributed by atoms with Gasteiger partial charge in [0.05, 0.1) is 25.7 Å². The van der Waals surface area contributed by atoms with Gasteiger partial charge in [-0.3, -0.25) is 4.79 Å². The molecule has 0 aromatic carbocycles. The zero-order valence-electron chi connectivity index (χ0n) is 12.3. The molecule has 1 amide bonds. The number of amides is 1. The summed E-state index contributed by atoms with van der Waals surface area (Å²) in [5.41, 5.74) is 1.06. The molecule has 0 aliphatic rings. The minimum absolute atomic E-state index is 0.120. The van der Waals surface area contributed by atoms with E-state index in [4.69, 9.17) is 9.26 Å². The van der Waals surface area contributed by atoms with Crippen LogP contribution >= 0.6 is 0 Å². The van der Waals surface area contributed by atoms with E-state index >= 15 is 0 Å². The smallest absolute Gasteiger partial charge is 0.269 e. The van der Waals surface area contributed by atoms with E-state index in [9.17, 15) is 4.79 Å². The summed E-state index contributed by atoms with van der Waals surface area (Å²) in [5.74, 6) is 0.921. The first-order valence-electron chi connectivity index (χ1n) is 6.94. The van der Waals surface area contributed by atoms with E-state index in [1.165, 1.54) is 12.5 Å². The first-order valence-corrected chi connectivity index (χ1v) is 6.94. The number of imidazole rings is 1. The molecule has 0 spiro atoms. The van der Waals surface area contributed by atoms with Crippen molar-refractivity contribution in [2.24, 2.45) is 0 Å². The lowest BCUT2D eigenvalue weighted by Gasteiger charge is -2.01. The minimum atomic E-state index is -0.301. The normalized spacial score (nSPS) is 10.5. The number of nitrogens with one attached hydrogen (secondary N) is 2. The van der Waals surface area contributed by atoms with Gasteiger partial charge in [-0.1, -0.05) is 5.16 Å². The van der Waals surface area contributed by atoms with Gasteiger partial charge in [-0.25, -0.2) is 9.97 Å². The first-order chi connectivity index (χ1) is 11.3. The van der Waals surface area contributed by atoms with Crippen molar-refractivity contribution in [2.75, 3.05) is 6.61 Å². The van der Waals surface area contributed by atoms with Gasteiger partial charge >= 0.3 is 0 Å². The molecule has 0 bridgehead atoms. The van der Waals surface area contributed by atoms with Crippen LogP contribution in [0.1, 0.15) is 23.3 Å². The SMILES string of the molecule is CCOc1ccc(-c2noc(CNC(=O)c3cnc[nH]3)n2)cn1. The monoisotopic (exact) mass is 314 g/mol. The van der Waals surface area contributed by atoms with Crippen LogP contribution in [-0.2, 0) is 6.54 Å². The molecular formula is C14H14N6O3. The summed E-state index contributed by atoms with van der Waals surface area (Å²) in [6.07, 6.45) is 4.46. The Kier molecular flexibility index (Phi) is 4.27. The molecule has 0 saturated carbocycles. The van der Waals surface area contributed by atoms with Gasteiger partial charge in [-0.05, 0) is 13.0 Å². The second kappa shape index (κ2) is 6.69. The number of H-pyrrole nitrogens is 1. The highest BCUT2D eigenvalue weighted by molar-refractivity contribution is 5.91. The number of hydrogen-bond acceptors (Lipinski definition) is 7. The van der Waals surface area contributed by atoms with Crippen molar-refractivity contribution in [1.29, 1.82) is 0 Å². The highest BCUT2D eigenvalue weighted by atomic mass is 16.5. The number of hydrogen-bond donors (Lipinski definition) is 2. The van der Waals surface area contributed by atoms with E-state index < -0.39 is 0 Å². The summed E-state index contributed by atoms with van der Waals surface area (Å²) in [6.45, 7) is 2.56. The Morgan fingerprint density at radius 3 is 3.00 bits per heavy atom. The van der Waals surface area contributed by atoms with Gasteiger partial charge < -0.3 is 19.6 Å². The predicted octanol–water partition coefficient (Wildman–Crippen LogP) is 1.18. The fourth-order valence-corrected chi connectivity index (χ4v) is 1.82. The van der Waals surface area contributed by atoms with Crippen LogP contribution < -0.4 is 10.1 Å². The summed E-state index contributed by atoms with van der Waals surface area (Å²) in [7, 11) is 0. The fraction of sp³-hybridized carbons (Fsp3) is 0.214. The van der Waals surface area contributed by atoms with Gasteiger partial charge in [0.25, 0.3) is 5.91 Å². The minimum Gasteiger partial charge on any atom is -0.478 e. The third kappa shape index (κ3) is 3.51. The highest BCUT2D eigenvalue weighted by Crippen LogP contribution is 2.17.